The summed E-state index contributed by atoms with van der Waals surface area (Å²) >= 11 is 0. The molecule has 0 aromatic carbocycles. The second kappa shape index (κ2) is 3.26. The summed E-state index contributed by atoms with van der Waals surface area (Å²) < 4.78 is 4.95. The van der Waals surface area contributed by atoms with Gasteiger partial charge in [0.1, 0.15) is 0 Å². The monoisotopic (exact) mass is 175 g/mol. The number of aromatic amines is 1. The Morgan fingerprint density at radius 2 is 2.23 bits per heavy atom. The molecule has 0 bridgehead atoms. The number of hydrogen-bond donors (Lipinski definition) is 1. The zero-order valence-electron chi connectivity index (χ0n) is 7.19. The van der Waals surface area contributed by atoms with Gasteiger partial charge in [0.2, 0.25) is 5.88 Å². The topological polar surface area (TPSA) is 50.8 Å². The Morgan fingerprint density at radius 3 is 2.77 bits per heavy atom. The Bertz CT molecular complexity index is 366. The van der Waals surface area contributed by atoms with Crippen molar-refractivity contribution in [3.8, 4) is 17.1 Å². The van der Waals surface area contributed by atoms with Crippen molar-refractivity contribution >= 4 is 0 Å². The van der Waals surface area contributed by atoms with Crippen LogP contribution in [0.3, 0.4) is 0 Å². The van der Waals surface area contributed by atoms with Gasteiger partial charge in [-0.25, -0.2) is 4.98 Å². The smallest absolute Gasteiger partial charge is 0.212 e. The number of aromatic nitrogens is 3. The van der Waals surface area contributed by atoms with E-state index in [0.29, 0.717) is 5.88 Å². The molecule has 0 aliphatic heterocycles. The van der Waals surface area contributed by atoms with E-state index in [-0.39, 0.29) is 0 Å². The van der Waals surface area contributed by atoms with Crippen LogP contribution < -0.4 is 4.74 Å². The van der Waals surface area contributed by atoms with Gasteiger partial charge in [-0.2, -0.15) is 5.10 Å². The lowest BCUT2D eigenvalue weighted by Gasteiger charge is -1.99. The Balaban J connectivity index is 2.33. The first kappa shape index (κ1) is 7.79. The standard InChI is InChI=1S/C9H9N3O/c1-13-9-3-2-7(6-10-9)8-4-5-11-12-8/h2-6H,1H3,(H,11,12). The molecule has 2 rings (SSSR count). The molecule has 0 amide bonds. The highest BCUT2D eigenvalue weighted by atomic mass is 16.5. The fraction of sp³-hybridized carbons (Fsp3) is 0.111. The van der Waals surface area contributed by atoms with Crippen molar-refractivity contribution < 1.29 is 4.74 Å². The SMILES string of the molecule is COc1ccc(-c2ccn[nH]2)cn1. The van der Waals surface area contributed by atoms with E-state index in [1.165, 1.54) is 0 Å². The van der Waals surface area contributed by atoms with Crippen LogP contribution in [-0.4, -0.2) is 22.3 Å². The van der Waals surface area contributed by atoms with Gasteiger partial charge in [-0.05, 0) is 12.1 Å². The van der Waals surface area contributed by atoms with Crippen LogP contribution in [0.2, 0.25) is 0 Å². The third kappa shape index (κ3) is 1.51. The lowest BCUT2D eigenvalue weighted by molar-refractivity contribution is 0.398. The van der Waals surface area contributed by atoms with E-state index >= 15 is 0 Å². The van der Waals surface area contributed by atoms with Crippen LogP contribution in [0.25, 0.3) is 11.3 Å². The molecule has 0 spiro atoms. The van der Waals surface area contributed by atoms with Crippen LogP contribution in [0.1, 0.15) is 0 Å². The van der Waals surface area contributed by atoms with E-state index in [1.54, 1.807) is 19.5 Å². The van der Waals surface area contributed by atoms with Gasteiger partial charge in [0.05, 0.1) is 12.8 Å². The number of hydrogen-bond acceptors (Lipinski definition) is 3. The minimum atomic E-state index is 0.614. The number of nitrogens with one attached hydrogen (secondary N) is 1. The first-order valence-electron chi connectivity index (χ1n) is 3.90. The molecule has 0 aliphatic carbocycles. The molecule has 0 aliphatic rings. The molecule has 66 valence electrons. The summed E-state index contributed by atoms with van der Waals surface area (Å²) in [6, 6.07) is 5.64. The molecule has 13 heavy (non-hydrogen) atoms. The minimum absolute atomic E-state index is 0.614. The predicted molar refractivity (Wildman–Crippen MR) is 48.4 cm³/mol. The molecule has 0 saturated heterocycles. The summed E-state index contributed by atoms with van der Waals surface area (Å²) in [4.78, 5) is 4.08. The van der Waals surface area contributed by atoms with E-state index in [1.807, 2.05) is 18.2 Å². The molecule has 0 saturated carbocycles. The molecule has 4 nitrogen and oxygen atoms in total. The van der Waals surface area contributed by atoms with Crippen molar-refractivity contribution in [3.63, 3.8) is 0 Å². The molecule has 0 atom stereocenters. The maximum absolute atomic E-state index is 4.95. The van der Waals surface area contributed by atoms with Crippen LogP contribution in [-0.2, 0) is 0 Å². The zero-order chi connectivity index (χ0) is 9.10. The summed E-state index contributed by atoms with van der Waals surface area (Å²) in [6.45, 7) is 0. The normalized spacial score (nSPS) is 9.92. The van der Waals surface area contributed by atoms with Crippen LogP contribution in [0.5, 0.6) is 5.88 Å². The molecule has 2 aromatic rings. The van der Waals surface area contributed by atoms with E-state index < -0.39 is 0 Å². The van der Waals surface area contributed by atoms with E-state index in [2.05, 4.69) is 15.2 Å². The zero-order valence-corrected chi connectivity index (χ0v) is 7.19. The van der Waals surface area contributed by atoms with E-state index in [9.17, 15) is 0 Å². The number of ether oxygens (including phenoxy) is 1. The number of methoxy groups -OCH3 is 1. The van der Waals surface area contributed by atoms with Crippen LogP contribution in [0.15, 0.2) is 30.6 Å². The molecule has 2 heterocycles. The number of H-pyrrole nitrogens is 1. The summed E-state index contributed by atoms with van der Waals surface area (Å²) in [5.41, 5.74) is 1.95. The second-order valence-corrected chi connectivity index (χ2v) is 2.56. The maximum atomic E-state index is 4.95. The van der Waals surface area contributed by atoms with Crippen LogP contribution in [0.4, 0.5) is 0 Å². The van der Waals surface area contributed by atoms with Crippen LogP contribution in [0, 0.1) is 0 Å². The molecule has 1 N–H and O–H groups in total. The van der Waals surface area contributed by atoms with Crippen molar-refractivity contribution in [2.45, 2.75) is 0 Å². The van der Waals surface area contributed by atoms with Gasteiger partial charge in [-0.15, -0.1) is 0 Å². The Hall–Kier alpha value is -1.84. The van der Waals surface area contributed by atoms with Gasteiger partial charge in [0, 0.05) is 24.0 Å². The average Bonchev–Trinajstić information content (AvgIpc) is 2.71. The number of pyridine rings is 1. The van der Waals surface area contributed by atoms with Crippen molar-refractivity contribution in [2.75, 3.05) is 7.11 Å². The predicted octanol–water partition coefficient (Wildman–Crippen LogP) is 1.48. The van der Waals surface area contributed by atoms with Gasteiger partial charge in [-0.1, -0.05) is 0 Å². The fourth-order valence-electron chi connectivity index (χ4n) is 1.08. The second-order valence-electron chi connectivity index (χ2n) is 2.56. The van der Waals surface area contributed by atoms with Gasteiger partial charge >= 0.3 is 0 Å². The molecular formula is C9H9N3O. The summed E-state index contributed by atoms with van der Waals surface area (Å²) in [7, 11) is 1.60. The Morgan fingerprint density at radius 1 is 1.31 bits per heavy atom. The van der Waals surface area contributed by atoms with E-state index in [4.69, 9.17) is 4.74 Å². The molecule has 0 radical (unpaired) electrons. The van der Waals surface area contributed by atoms with Gasteiger partial charge in [-0.3, -0.25) is 5.10 Å². The highest BCUT2D eigenvalue weighted by Crippen LogP contribution is 2.16. The lowest BCUT2D eigenvalue weighted by Crippen LogP contribution is -1.87. The number of nitrogens with zero attached hydrogens (tertiary/aromatic N) is 2. The molecule has 2 aromatic heterocycles. The summed E-state index contributed by atoms with van der Waals surface area (Å²) in [6.07, 6.45) is 3.45. The summed E-state index contributed by atoms with van der Waals surface area (Å²) in [5, 5.41) is 6.72. The Labute approximate surface area is 75.6 Å². The quantitative estimate of drug-likeness (QED) is 0.752. The minimum Gasteiger partial charge on any atom is -0.481 e. The lowest BCUT2D eigenvalue weighted by atomic mass is 10.2. The third-order valence-electron chi connectivity index (χ3n) is 1.76. The Kier molecular flexibility index (Phi) is 1.96. The first-order chi connectivity index (χ1) is 6.40. The fourth-order valence-corrected chi connectivity index (χ4v) is 1.08. The van der Waals surface area contributed by atoms with Crippen molar-refractivity contribution in [3.05, 3.63) is 30.6 Å². The molecule has 4 heteroatoms. The van der Waals surface area contributed by atoms with Gasteiger partial charge in [0.15, 0.2) is 0 Å². The maximum Gasteiger partial charge on any atom is 0.212 e. The largest absolute Gasteiger partial charge is 0.481 e. The number of rotatable bonds is 2. The molecule has 0 unspecified atom stereocenters. The van der Waals surface area contributed by atoms with E-state index in [0.717, 1.165) is 11.3 Å². The third-order valence-corrected chi connectivity index (χ3v) is 1.76. The molecule has 0 fully saturated rings. The van der Waals surface area contributed by atoms with Gasteiger partial charge in [0.25, 0.3) is 0 Å². The molecular weight excluding hydrogens is 166 g/mol. The van der Waals surface area contributed by atoms with Crippen LogP contribution >= 0.6 is 0 Å². The highest BCUT2D eigenvalue weighted by molar-refractivity contribution is 5.57. The van der Waals surface area contributed by atoms with Crippen molar-refractivity contribution in [1.82, 2.24) is 15.2 Å². The summed E-state index contributed by atoms with van der Waals surface area (Å²) in [5.74, 6) is 0.614. The highest BCUT2D eigenvalue weighted by Gasteiger charge is 1.98. The van der Waals surface area contributed by atoms with Crippen molar-refractivity contribution in [1.29, 1.82) is 0 Å². The average molecular weight is 175 g/mol. The first-order valence-corrected chi connectivity index (χ1v) is 3.90. The van der Waals surface area contributed by atoms with Crippen molar-refractivity contribution in [2.24, 2.45) is 0 Å². The van der Waals surface area contributed by atoms with Gasteiger partial charge < -0.3 is 4.74 Å².